The summed E-state index contributed by atoms with van der Waals surface area (Å²) >= 11 is 0. The van der Waals surface area contributed by atoms with Crippen LogP contribution in [0.25, 0.3) is 0 Å². The second-order valence-electron chi connectivity index (χ2n) is 27.5. The molecule has 0 fully saturated rings. The fraction of sp³-hybridized carbons (Fsp3) is 0.944. The fourth-order valence-corrected chi connectivity index (χ4v) is 12.2. The molecule has 3 unspecified atom stereocenters. The molecule has 0 saturated heterocycles. The van der Waals surface area contributed by atoms with Crippen molar-refractivity contribution < 1.29 is 80.2 Å². The van der Waals surface area contributed by atoms with Crippen LogP contribution in [0, 0.1) is 23.7 Å². The van der Waals surface area contributed by atoms with Crippen molar-refractivity contribution in [3.8, 4) is 0 Å². The standard InChI is InChI=1S/C71H138O17P2/c1-61(2)47-39-31-23-19-17-15-13-11-9-10-12-14-16-18-20-26-37-45-53-70(75)87-66(58-82-69(74)52-44-36-29-27-33-41-49-63(5)6)59-85-89(77,78)83-55-65(72)56-84-90(79,80)86-60-67(88-71(76)54-46-38-30-28-34-42-50-64(7)8)57-81-68(73)51-43-35-25-22-21-24-32-40-48-62(3)4/h61-67,72H,9-60H2,1-8H3,(H,77,78)(H,79,80)/t65?,66-,67-/m1/s1. The molecular weight excluding hydrogens is 1190 g/mol. The highest BCUT2D eigenvalue weighted by Crippen LogP contribution is 2.45. The molecule has 534 valence electrons. The zero-order chi connectivity index (χ0) is 66.8. The molecule has 0 heterocycles. The van der Waals surface area contributed by atoms with Crippen LogP contribution in [0.3, 0.4) is 0 Å². The maximum Gasteiger partial charge on any atom is 0.472 e. The van der Waals surface area contributed by atoms with E-state index in [2.05, 4.69) is 55.4 Å². The predicted octanol–water partition coefficient (Wildman–Crippen LogP) is 20.1. The van der Waals surface area contributed by atoms with Gasteiger partial charge in [0.05, 0.1) is 26.4 Å². The first-order chi connectivity index (χ1) is 43.1. The SMILES string of the molecule is CC(C)CCCCCCCCCCCCCCCCCCCCC(=O)O[C@H](COC(=O)CCCCCCCCC(C)C)COP(=O)(O)OCC(O)COP(=O)(O)OC[C@@H](COC(=O)CCCCCCCCCCC(C)C)OC(=O)CCCCCCCCC(C)C. The van der Waals surface area contributed by atoms with Gasteiger partial charge in [0.2, 0.25) is 0 Å². The van der Waals surface area contributed by atoms with E-state index >= 15 is 0 Å². The summed E-state index contributed by atoms with van der Waals surface area (Å²) in [5, 5.41) is 10.6. The van der Waals surface area contributed by atoms with E-state index in [4.69, 9.17) is 37.0 Å². The molecule has 0 aliphatic carbocycles. The Kier molecular flexibility index (Phi) is 59.4. The van der Waals surface area contributed by atoms with E-state index < -0.39 is 97.5 Å². The third-order valence-corrected chi connectivity index (χ3v) is 18.2. The molecular formula is C71H138O17P2. The second-order valence-corrected chi connectivity index (χ2v) is 30.4. The number of phosphoric ester groups is 2. The molecule has 0 aromatic carbocycles. The lowest BCUT2D eigenvalue weighted by Gasteiger charge is -2.21. The van der Waals surface area contributed by atoms with Crippen LogP contribution in [0.15, 0.2) is 0 Å². The van der Waals surface area contributed by atoms with Crippen molar-refractivity contribution in [3.05, 3.63) is 0 Å². The van der Waals surface area contributed by atoms with Gasteiger partial charge in [0, 0.05) is 25.7 Å². The summed E-state index contributed by atoms with van der Waals surface area (Å²) in [6, 6.07) is 0. The normalized spacial score (nSPS) is 14.3. The van der Waals surface area contributed by atoms with Crippen molar-refractivity contribution in [2.45, 2.75) is 369 Å². The highest BCUT2D eigenvalue weighted by Gasteiger charge is 2.30. The average Bonchev–Trinajstić information content (AvgIpc) is 3.68. The molecule has 0 bridgehead atoms. The van der Waals surface area contributed by atoms with Gasteiger partial charge in [0.15, 0.2) is 12.2 Å². The van der Waals surface area contributed by atoms with Gasteiger partial charge in [-0.05, 0) is 49.4 Å². The number of carbonyl (C=O) groups is 4. The minimum Gasteiger partial charge on any atom is -0.462 e. The number of phosphoric acid groups is 2. The smallest absolute Gasteiger partial charge is 0.462 e. The van der Waals surface area contributed by atoms with Gasteiger partial charge in [-0.25, -0.2) is 9.13 Å². The van der Waals surface area contributed by atoms with Crippen LogP contribution in [-0.2, 0) is 65.4 Å². The number of ether oxygens (including phenoxy) is 4. The predicted molar refractivity (Wildman–Crippen MR) is 363 cm³/mol. The van der Waals surface area contributed by atoms with Crippen molar-refractivity contribution in [1.82, 2.24) is 0 Å². The Balaban J connectivity index is 5.13. The maximum absolute atomic E-state index is 13.0. The van der Waals surface area contributed by atoms with E-state index in [0.29, 0.717) is 37.5 Å². The van der Waals surface area contributed by atoms with Crippen LogP contribution in [0.5, 0.6) is 0 Å². The van der Waals surface area contributed by atoms with Crippen LogP contribution in [0.1, 0.15) is 351 Å². The van der Waals surface area contributed by atoms with Crippen LogP contribution in [0.4, 0.5) is 0 Å². The number of esters is 4. The van der Waals surface area contributed by atoms with Gasteiger partial charge < -0.3 is 33.8 Å². The molecule has 0 saturated carbocycles. The van der Waals surface area contributed by atoms with Gasteiger partial charge in [0.25, 0.3) is 0 Å². The molecule has 5 atom stereocenters. The quantitative estimate of drug-likeness (QED) is 0.0222. The third kappa shape index (κ3) is 64.8. The van der Waals surface area contributed by atoms with Crippen molar-refractivity contribution >= 4 is 39.5 Å². The summed E-state index contributed by atoms with van der Waals surface area (Å²) in [6.45, 7) is 14.0. The first-order valence-corrected chi connectivity index (χ1v) is 39.7. The summed E-state index contributed by atoms with van der Waals surface area (Å²) in [4.78, 5) is 72.4. The summed E-state index contributed by atoms with van der Waals surface area (Å²) in [5.74, 6) is 0.759. The van der Waals surface area contributed by atoms with Crippen molar-refractivity contribution in [1.29, 1.82) is 0 Å². The molecule has 0 aromatic heterocycles. The zero-order valence-electron chi connectivity index (χ0n) is 58.8. The second kappa shape index (κ2) is 60.7. The third-order valence-electron chi connectivity index (χ3n) is 16.3. The van der Waals surface area contributed by atoms with Gasteiger partial charge in [-0.1, -0.05) is 299 Å². The maximum atomic E-state index is 13.0. The van der Waals surface area contributed by atoms with Crippen LogP contribution in [-0.4, -0.2) is 96.7 Å². The van der Waals surface area contributed by atoms with Crippen LogP contribution in [0.2, 0.25) is 0 Å². The van der Waals surface area contributed by atoms with Crippen LogP contribution < -0.4 is 0 Å². The molecule has 19 heteroatoms. The molecule has 0 aromatic rings. The van der Waals surface area contributed by atoms with Crippen molar-refractivity contribution in [2.75, 3.05) is 39.6 Å². The van der Waals surface area contributed by atoms with E-state index in [1.165, 1.54) is 148 Å². The highest BCUT2D eigenvalue weighted by atomic mass is 31.2. The first kappa shape index (κ1) is 88.1. The Morgan fingerprint density at radius 3 is 0.689 bits per heavy atom. The Hall–Kier alpha value is -1.94. The lowest BCUT2D eigenvalue weighted by atomic mass is 10.0. The number of hydrogen-bond acceptors (Lipinski definition) is 15. The fourth-order valence-electron chi connectivity index (χ4n) is 10.7. The number of unbranched alkanes of at least 4 members (excludes halogenated alkanes) is 34. The molecule has 17 nitrogen and oxygen atoms in total. The molecule has 0 radical (unpaired) electrons. The van der Waals surface area contributed by atoms with Crippen molar-refractivity contribution in [2.24, 2.45) is 23.7 Å². The number of rotatable bonds is 68. The summed E-state index contributed by atoms with van der Waals surface area (Å²) in [6.07, 6.45) is 43.6. The number of aliphatic hydroxyl groups excluding tert-OH is 1. The van der Waals surface area contributed by atoms with E-state index in [1.807, 2.05) is 0 Å². The summed E-state index contributed by atoms with van der Waals surface area (Å²) in [7, 11) is -9.90. The molecule has 0 aliphatic heterocycles. The van der Waals surface area contributed by atoms with E-state index in [1.54, 1.807) is 0 Å². The largest absolute Gasteiger partial charge is 0.472 e. The zero-order valence-corrected chi connectivity index (χ0v) is 60.6. The minimum atomic E-state index is -4.95. The van der Waals surface area contributed by atoms with Gasteiger partial charge >= 0.3 is 39.5 Å². The Labute approximate surface area is 549 Å². The number of carbonyl (C=O) groups excluding carboxylic acids is 4. The highest BCUT2D eigenvalue weighted by molar-refractivity contribution is 7.47. The summed E-state index contributed by atoms with van der Waals surface area (Å²) < 4.78 is 68.2. The van der Waals surface area contributed by atoms with E-state index in [0.717, 1.165) is 108 Å². The lowest BCUT2D eigenvalue weighted by Crippen LogP contribution is -2.30. The molecule has 0 amide bonds. The molecule has 0 rings (SSSR count). The lowest BCUT2D eigenvalue weighted by molar-refractivity contribution is -0.161. The van der Waals surface area contributed by atoms with Crippen LogP contribution >= 0.6 is 15.6 Å². The van der Waals surface area contributed by atoms with E-state index in [-0.39, 0.29) is 25.7 Å². The van der Waals surface area contributed by atoms with E-state index in [9.17, 15) is 43.2 Å². The Morgan fingerprint density at radius 2 is 0.467 bits per heavy atom. The van der Waals surface area contributed by atoms with Gasteiger partial charge in [-0.2, -0.15) is 0 Å². The number of hydrogen-bond donors (Lipinski definition) is 3. The Bertz CT molecular complexity index is 1780. The topological polar surface area (TPSA) is 237 Å². The van der Waals surface area contributed by atoms with Gasteiger partial charge in [0.1, 0.15) is 19.3 Å². The van der Waals surface area contributed by atoms with Gasteiger partial charge in [-0.15, -0.1) is 0 Å². The Morgan fingerprint density at radius 1 is 0.278 bits per heavy atom. The minimum absolute atomic E-state index is 0.101. The number of aliphatic hydroxyl groups is 1. The molecule has 0 spiro atoms. The monoisotopic (exact) mass is 1320 g/mol. The van der Waals surface area contributed by atoms with Crippen molar-refractivity contribution in [3.63, 3.8) is 0 Å². The van der Waals surface area contributed by atoms with Gasteiger partial charge in [-0.3, -0.25) is 37.3 Å². The molecule has 3 N–H and O–H groups in total. The molecule has 90 heavy (non-hydrogen) atoms. The average molecular weight is 1330 g/mol. The first-order valence-electron chi connectivity index (χ1n) is 36.7. The molecule has 0 aliphatic rings. The summed E-state index contributed by atoms with van der Waals surface area (Å²) in [5.41, 5.74) is 0.